The summed E-state index contributed by atoms with van der Waals surface area (Å²) in [7, 11) is 0. The number of rotatable bonds is 3. The van der Waals surface area contributed by atoms with E-state index in [1.807, 2.05) is 0 Å². The Bertz CT molecular complexity index is 3400. The summed E-state index contributed by atoms with van der Waals surface area (Å²) < 4.78 is 4.60. The molecule has 1 aliphatic carbocycles. The van der Waals surface area contributed by atoms with Crippen LogP contribution in [0.25, 0.3) is 99.5 Å². The third-order valence-corrected chi connectivity index (χ3v) is 12.1. The van der Waals surface area contributed by atoms with E-state index in [9.17, 15) is 0 Å². The molecule has 3 heterocycles. The first-order chi connectivity index (χ1) is 27.0. The Morgan fingerprint density at radius 3 is 1.87 bits per heavy atom. The van der Waals surface area contributed by atoms with Gasteiger partial charge in [0.15, 0.2) is 0 Å². The molecule has 0 amide bonds. The Morgan fingerprint density at radius 1 is 0.418 bits per heavy atom. The van der Waals surface area contributed by atoms with Gasteiger partial charge in [-0.25, -0.2) is 9.97 Å². The highest BCUT2D eigenvalue weighted by molar-refractivity contribution is 6.22. The van der Waals surface area contributed by atoms with Gasteiger partial charge >= 0.3 is 0 Å². The van der Waals surface area contributed by atoms with Gasteiger partial charge in [0.2, 0.25) is 5.95 Å². The van der Waals surface area contributed by atoms with Crippen LogP contribution in [0.5, 0.6) is 0 Å². The predicted octanol–water partition coefficient (Wildman–Crippen LogP) is 12.9. The second kappa shape index (κ2) is 11.0. The van der Waals surface area contributed by atoms with Crippen molar-refractivity contribution in [3.63, 3.8) is 0 Å². The zero-order chi connectivity index (χ0) is 36.4. The Labute approximate surface area is 317 Å². The van der Waals surface area contributed by atoms with Crippen LogP contribution >= 0.6 is 0 Å². The molecular weight excluding hydrogens is 669 g/mol. The molecule has 258 valence electrons. The van der Waals surface area contributed by atoms with E-state index in [4.69, 9.17) is 9.97 Å². The lowest BCUT2D eigenvalue weighted by Gasteiger charge is -2.22. The van der Waals surface area contributed by atoms with Gasteiger partial charge in [0.05, 0.1) is 27.6 Å². The van der Waals surface area contributed by atoms with Crippen molar-refractivity contribution in [2.75, 3.05) is 0 Å². The highest BCUT2D eigenvalue weighted by Gasteiger charge is 2.35. The van der Waals surface area contributed by atoms with Gasteiger partial charge in [0.25, 0.3) is 0 Å². The zero-order valence-corrected chi connectivity index (χ0v) is 30.5. The summed E-state index contributed by atoms with van der Waals surface area (Å²) in [6, 6.07) is 61.7. The van der Waals surface area contributed by atoms with Gasteiger partial charge in [0, 0.05) is 27.0 Å². The molecule has 12 rings (SSSR count). The van der Waals surface area contributed by atoms with E-state index in [-0.39, 0.29) is 5.41 Å². The number of imidazole rings is 1. The summed E-state index contributed by atoms with van der Waals surface area (Å²) in [5.41, 5.74) is 16.4. The number of para-hydroxylation sites is 4. The van der Waals surface area contributed by atoms with Gasteiger partial charge in [-0.2, -0.15) is 0 Å². The third kappa shape index (κ3) is 4.17. The van der Waals surface area contributed by atoms with E-state index >= 15 is 0 Å². The van der Waals surface area contributed by atoms with E-state index in [1.165, 1.54) is 66.1 Å². The number of nitrogens with zero attached hydrogens (tertiary/aromatic N) is 4. The first-order valence-electron chi connectivity index (χ1n) is 19.0. The van der Waals surface area contributed by atoms with Crippen LogP contribution in [0.15, 0.2) is 170 Å². The highest BCUT2D eigenvalue weighted by atomic mass is 15.2. The maximum absolute atomic E-state index is 5.42. The summed E-state index contributed by atoms with van der Waals surface area (Å²) in [6.45, 7) is 4.69. The monoisotopic (exact) mass is 702 g/mol. The lowest BCUT2D eigenvalue weighted by Crippen LogP contribution is -2.14. The molecule has 0 saturated carbocycles. The Kier molecular flexibility index (Phi) is 6.09. The molecule has 1 aliphatic rings. The molecule has 8 aromatic carbocycles. The Morgan fingerprint density at radius 2 is 1.04 bits per heavy atom. The molecular formula is C51H34N4. The minimum atomic E-state index is -0.0332. The lowest BCUT2D eigenvalue weighted by atomic mass is 9.81. The topological polar surface area (TPSA) is 35.1 Å². The van der Waals surface area contributed by atoms with Crippen LogP contribution in [0.2, 0.25) is 0 Å². The number of aromatic nitrogens is 4. The van der Waals surface area contributed by atoms with E-state index in [0.29, 0.717) is 0 Å². The molecule has 0 spiro atoms. The number of hydrogen-bond donors (Lipinski definition) is 0. The standard InChI is InChI=1S/C51H34N4/c1-51(2)42-18-8-5-14-35(42)36-28-27-33(29-43(36)51)31-23-25-32(26-24-31)40-30-41-37-15-7-11-21-46(37)54(48(41)38-16-4-3-13-34(38)40)50-53-44-19-9-6-17-39(44)49-52-45-20-10-12-22-47(45)55(49)50/h3-30H,1-2H3. The van der Waals surface area contributed by atoms with E-state index in [2.05, 4.69) is 193 Å². The smallest absolute Gasteiger partial charge is 0.221 e. The normalized spacial score (nSPS) is 13.4. The van der Waals surface area contributed by atoms with Gasteiger partial charge in [0.1, 0.15) is 5.65 Å². The molecule has 0 atom stereocenters. The molecule has 0 bridgehead atoms. The van der Waals surface area contributed by atoms with Crippen molar-refractivity contribution in [2.45, 2.75) is 19.3 Å². The van der Waals surface area contributed by atoms with Crippen molar-refractivity contribution < 1.29 is 0 Å². The Hall–Kier alpha value is -7.04. The summed E-state index contributed by atoms with van der Waals surface area (Å²) in [5.74, 6) is 0.830. The first kappa shape index (κ1) is 30.4. The first-order valence-corrected chi connectivity index (χ1v) is 19.0. The summed E-state index contributed by atoms with van der Waals surface area (Å²) >= 11 is 0. The van der Waals surface area contributed by atoms with E-state index in [0.717, 1.165) is 44.6 Å². The molecule has 0 fully saturated rings. The maximum atomic E-state index is 5.42. The average molecular weight is 703 g/mol. The Balaban J connectivity index is 1.07. The van der Waals surface area contributed by atoms with Crippen LogP contribution in [0, 0.1) is 0 Å². The van der Waals surface area contributed by atoms with Gasteiger partial charge in [-0.1, -0.05) is 141 Å². The van der Waals surface area contributed by atoms with Gasteiger partial charge in [-0.3, -0.25) is 8.97 Å². The van der Waals surface area contributed by atoms with Crippen LogP contribution < -0.4 is 0 Å². The van der Waals surface area contributed by atoms with Crippen molar-refractivity contribution >= 4 is 60.2 Å². The molecule has 0 unspecified atom stereocenters. The fourth-order valence-corrected chi connectivity index (χ4v) is 9.47. The fourth-order valence-electron chi connectivity index (χ4n) is 9.47. The minimum absolute atomic E-state index is 0.0332. The minimum Gasteiger partial charge on any atom is -0.278 e. The molecule has 3 aromatic heterocycles. The molecule has 0 aliphatic heterocycles. The van der Waals surface area contributed by atoms with Gasteiger partial charge in [-0.15, -0.1) is 0 Å². The maximum Gasteiger partial charge on any atom is 0.221 e. The average Bonchev–Trinajstić information content (AvgIpc) is 3.87. The lowest BCUT2D eigenvalue weighted by molar-refractivity contribution is 0.660. The van der Waals surface area contributed by atoms with Crippen molar-refractivity contribution in [3.05, 3.63) is 181 Å². The third-order valence-electron chi connectivity index (χ3n) is 12.1. The quantitative estimate of drug-likeness (QED) is 0.184. The molecule has 0 radical (unpaired) electrons. The molecule has 4 nitrogen and oxygen atoms in total. The second-order valence-corrected chi connectivity index (χ2v) is 15.4. The fraction of sp³-hybridized carbons (Fsp3) is 0.0588. The van der Waals surface area contributed by atoms with Crippen LogP contribution in [-0.4, -0.2) is 18.9 Å². The van der Waals surface area contributed by atoms with E-state index < -0.39 is 0 Å². The largest absolute Gasteiger partial charge is 0.278 e. The molecule has 0 saturated heterocycles. The summed E-state index contributed by atoms with van der Waals surface area (Å²) in [5, 5.41) is 5.81. The molecule has 55 heavy (non-hydrogen) atoms. The molecule has 11 aromatic rings. The van der Waals surface area contributed by atoms with Crippen LogP contribution in [-0.2, 0) is 5.41 Å². The van der Waals surface area contributed by atoms with Crippen LogP contribution in [0.3, 0.4) is 0 Å². The predicted molar refractivity (Wildman–Crippen MR) is 228 cm³/mol. The van der Waals surface area contributed by atoms with Crippen molar-refractivity contribution in [1.82, 2.24) is 18.9 Å². The molecule has 4 heteroatoms. The van der Waals surface area contributed by atoms with Crippen LogP contribution in [0.1, 0.15) is 25.0 Å². The SMILES string of the molecule is CC1(C)c2ccccc2-c2ccc(-c3ccc(-c4cc5c6ccccc6n(-c6nc7ccccc7c7nc8ccccc8n67)c5c5ccccc45)cc3)cc21. The number of fused-ring (bicyclic) bond motifs is 13. The number of benzene rings is 8. The molecule has 0 N–H and O–H groups in total. The van der Waals surface area contributed by atoms with E-state index in [1.54, 1.807) is 0 Å². The zero-order valence-electron chi connectivity index (χ0n) is 30.5. The summed E-state index contributed by atoms with van der Waals surface area (Å²) in [4.78, 5) is 10.6. The van der Waals surface area contributed by atoms with Crippen molar-refractivity contribution in [1.29, 1.82) is 0 Å². The van der Waals surface area contributed by atoms with Gasteiger partial charge < -0.3 is 0 Å². The van der Waals surface area contributed by atoms with Crippen molar-refractivity contribution in [2.24, 2.45) is 0 Å². The highest BCUT2D eigenvalue weighted by Crippen LogP contribution is 2.50. The van der Waals surface area contributed by atoms with Crippen LogP contribution in [0.4, 0.5) is 0 Å². The summed E-state index contributed by atoms with van der Waals surface area (Å²) in [6.07, 6.45) is 0. The second-order valence-electron chi connectivity index (χ2n) is 15.4. The van der Waals surface area contributed by atoms with Crippen molar-refractivity contribution in [3.8, 4) is 39.3 Å². The van der Waals surface area contributed by atoms with Gasteiger partial charge in [-0.05, 0) is 92.4 Å². The number of hydrogen-bond acceptors (Lipinski definition) is 2.